The summed E-state index contributed by atoms with van der Waals surface area (Å²) in [7, 11) is 0. The molecule has 0 spiro atoms. The molecule has 1 amide bonds. The molecule has 176 valence electrons. The number of amides is 1. The van der Waals surface area contributed by atoms with Gasteiger partial charge in [0.2, 0.25) is 5.91 Å². The standard InChI is InChI=1S/C28H33N5O/c1-22-8-5-6-12-26(22)31-28(29)33-20-18-32(19-21-33)25-16-14-24(15-17-25)30-27(34)13-7-11-23-9-3-2-4-10-23/h2-6,8-10,12,14-17H,7,11,13,18-21H2,1H3,(H2,29,31)(H,30,34). The molecule has 1 saturated heterocycles. The number of nitrogens with two attached hydrogens (primary N) is 1. The molecule has 3 aromatic carbocycles. The second-order valence-corrected chi connectivity index (χ2v) is 8.66. The predicted octanol–water partition coefficient (Wildman–Crippen LogP) is 4.72. The fraction of sp³-hybridized carbons (Fsp3) is 0.286. The third-order valence-electron chi connectivity index (χ3n) is 6.18. The first-order valence-corrected chi connectivity index (χ1v) is 11.9. The number of hydrogen-bond acceptors (Lipinski definition) is 3. The molecule has 1 heterocycles. The number of carbonyl (C=O) groups is 1. The highest BCUT2D eigenvalue weighted by molar-refractivity contribution is 5.90. The topological polar surface area (TPSA) is 74.0 Å². The molecule has 0 unspecified atom stereocenters. The van der Waals surface area contributed by atoms with Gasteiger partial charge in [0, 0.05) is 44.0 Å². The van der Waals surface area contributed by atoms with Crippen molar-refractivity contribution >= 4 is 28.9 Å². The number of hydrogen-bond donors (Lipinski definition) is 2. The Hall–Kier alpha value is -3.80. The Morgan fingerprint density at radius 2 is 1.59 bits per heavy atom. The molecule has 0 bridgehead atoms. The first-order chi connectivity index (χ1) is 16.6. The van der Waals surface area contributed by atoms with E-state index in [1.807, 2.05) is 61.5 Å². The molecular weight excluding hydrogens is 422 g/mol. The van der Waals surface area contributed by atoms with Crippen LogP contribution in [0.2, 0.25) is 0 Å². The molecule has 6 heteroatoms. The Labute approximate surface area is 202 Å². The van der Waals surface area contributed by atoms with Crippen molar-refractivity contribution in [3.05, 3.63) is 90.0 Å². The molecule has 4 rings (SSSR count). The van der Waals surface area contributed by atoms with Gasteiger partial charge in [0.25, 0.3) is 0 Å². The zero-order chi connectivity index (χ0) is 23.8. The Morgan fingerprint density at radius 1 is 0.912 bits per heavy atom. The highest BCUT2D eigenvalue weighted by Gasteiger charge is 2.19. The Bertz CT molecular complexity index is 1100. The van der Waals surface area contributed by atoms with Gasteiger partial charge in [-0.2, -0.15) is 0 Å². The van der Waals surface area contributed by atoms with Crippen molar-refractivity contribution in [3.63, 3.8) is 0 Å². The first-order valence-electron chi connectivity index (χ1n) is 11.9. The van der Waals surface area contributed by atoms with Crippen LogP contribution in [0.25, 0.3) is 0 Å². The van der Waals surface area contributed by atoms with E-state index in [0.717, 1.165) is 61.6 Å². The fourth-order valence-electron chi connectivity index (χ4n) is 4.15. The maximum atomic E-state index is 12.3. The van der Waals surface area contributed by atoms with Gasteiger partial charge in [-0.05, 0) is 61.2 Å². The second-order valence-electron chi connectivity index (χ2n) is 8.66. The molecule has 0 radical (unpaired) electrons. The van der Waals surface area contributed by atoms with Gasteiger partial charge in [-0.3, -0.25) is 4.79 Å². The second kappa shape index (κ2) is 11.4. The zero-order valence-corrected chi connectivity index (χ0v) is 19.8. The quantitative estimate of drug-likeness (QED) is 0.399. The van der Waals surface area contributed by atoms with Crippen molar-refractivity contribution in [2.45, 2.75) is 26.2 Å². The van der Waals surface area contributed by atoms with E-state index in [1.54, 1.807) is 0 Å². The van der Waals surface area contributed by atoms with Crippen LogP contribution in [-0.2, 0) is 11.2 Å². The third kappa shape index (κ3) is 6.38. The third-order valence-corrected chi connectivity index (χ3v) is 6.18. The van der Waals surface area contributed by atoms with Crippen LogP contribution >= 0.6 is 0 Å². The number of guanidine groups is 1. The number of para-hydroxylation sites is 1. The summed E-state index contributed by atoms with van der Waals surface area (Å²) >= 11 is 0. The van der Waals surface area contributed by atoms with Crippen LogP contribution in [0.15, 0.2) is 83.9 Å². The molecule has 0 aliphatic carbocycles. The Kier molecular flexibility index (Phi) is 7.81. The maximum Gasteiger partial charge on any atom is 0.224 e. The van der Waals surface area contributed by atoms with Gasteiger partial charge in [-0.25, -0.2) is 4.99 Å². The first kappa shape index (κ1) is 23.4. The number of carbonyl (C=O) groups excluding carboxylic acids is 1. The molecule has 0 aromatic heterocycles. The summed E-state index contributed by atoms with van der Waals surface area (Å²) in [5, 5.41) is 3.01. The highest BCUT2D eigenvalue weighted by Crippen LogP contribution is 2.21. The molecule has 1 fully saturated rings. The van der Waals surface area contributed by atoms with E-state index in [1.165, 1.54) is 5.56 Å². The van der Waals surface area contributed by atoms with Gasteiger partial charge in [0.15, 0.2) is 5.96 Å². The minimum Gasteiger partial charge on any atom is -0.369 e. The smallest absolute Gasteiger partial charge is 0.224 e. The number of aryl methyl sites for hydroxylation is 2. The van der Waals surface area contributed by atoms with Crippen LogP contribution < -0.4 is 16.0 Å². The minimum absolute atomic E-state index is 0.0562. The number of rotatable bonds is 7. The minimum atomic E-state index is 0.0562. The molecule has 0 saturated carbocycles. The number of nitrogens with zero attached hydrogens (tertiary/aromatic N) is 3. The summed E-state index contributed by atoms with van der Waals surface area (Å²) in [6.07, 6.45) is 2.28. The Balaban J connectivity index is 1.23. The number of benzene rings is 3. The van der Waals surface area contributed by atoms with Crippen molar-refractivity contribution in [2.75, 3.05) is 36.4 Å². The van der Waals surface area contributed by atoms with Crippen molar-refractivity contribution in [1.29, 1.82) is 0 Å². The van der Waals surface area contributed by atoms with E-state index in [4.69, 9.17) is 5.73 Å². The van der Waals surface area contributed by atoms with Crippen molar-refractivity contribution in [2.24, 2.45) is 10.7 Å². The summed E-state index contributed by atoms with van der Waals surface area (Å²) < 4.78 is 0. The lowest BCUT2D eigenvalue weighted by Gasteiger charge is -2.36. The van der Waals surface area contributed by atoms with E-state index in [2.05, 4.69) is 44.4 Å². The summed E-state index contributed by atoms with van der Waals surface area (Å²) in [6.45, 7) is 5.42. The van der Waals surface area contributed by atoms with E-state index in [-0.39, 0.29) is 5.91 Å². The van der Waals surface area contributed by atoms with Crippen molar-refractivity contribution in [3.8, 4) is 0 Å². The van der Waals surface area contributed by atoms with Crippen LogP contribution in [0.4, 0.5) is 17.1 Å². The van der Waals surface area contributed by atoms with Crippen LogP contribution in [-0.4, -0.2) is 42.9 Å². The summed E-state index contributed by atoms with van der Waals surface area (Å²) in [4.78, 5) is 21.4. The summed E-state index contributed by atoms with van der Waals surface area (Å²) in [6, 6.07) is 26.4. The SMILES string of the molecule is Cc1ccccc1N=C(N)N1CCN(c2ccc(NC(=O)CCCc3ccccc3)cc2)CC1. The molecule has 1 aliphatic rings. The molecule has 34 heavy (non-hydrogen) atoms. The van der Waals surface area contributed by atoms with E-state index in [0.29, 0.717) is 12.4 Å². The van der Waals surface area contributed by atoms with E-state index >= 15 is 0 Å². The van der Waals surface area contributed by atoms with Gasteiger partial charge >= 0.3 is 0 Å². The van der Waals surface area contributed by atoms with Gasteiger partial charge in [-0.1, -0.05) is 48.5 Å². The summed E-state index contributed by atoms with van der Waals surface area (Å²) in [5.41, 5.74) is 11.6. The van der Waals surface area contributed by atoms with E-state index < -0.39 is 0 Å². The summed E-state index contributed by atoms with van der Waals surface area (Å²) in [5.74, 6) is 0.625. The van der Waals surface area contributed by atoms with Gasteiger partial charge < -0.3 is 20.9 Å². The normalized spacial score (nSPS) is 14.2. The van der Waals surface area contributed by atoms with Crippen LogP contribution in [0.3, 0.4) is 0 Å². The van der Waals surface area contributed by atoms with Crippen LogP contribution in [0, 0.1) is 6.92 Å². The maximum absolute atomic E-state index is 12.3. The fourth-order valence-corrected chi connectivity index (χ4v) is 4.15. The lowest BCUT2D eigenvalue weighted by atomic mass is 10.1. The van der Waals surface area contributed by atoms with Crippen molar-refractivity contribution in [1.82, 2.24) is 4.90 Å². The highest BCUT2D eigenvalue weighted by atomic mass is 16.1. The number of aliphatic imine (C=N–C) groups is 1. The number of piperazine rings is 1. The average Bonchev–Trinajstić information content (AvgIpc) is 2.87. The van der Waals surface area contributed by atoms with Crippen LogP contribution in [0.5, 0.6) is 0 Å². The average molecular weight is 456 g/mol. The molecule has 0 atom stereocenters. The lowest BCUT2D eigenvalue weighted by molar-refractivity contribution is -0.116. The zero-order valence-electron chi connectivity index (χ0n) is 19.8. The van der Waals surface area contributed by atoms with Crippen molar-refractivity contribution < 1.29 is 4.79 Å². The number of anilines is 2. The van der Waals surface area contributed by atoms with Gasteiger partial charge in [0.05, 0.1) is 5.69 Å². The predicted molar refractivity (Wildman–Crippen MR) is 141 cm³/mol. The van der Waals surface area contributed by atoms with E-state index in [9.17, 15) is 4.79 Å². The van der Waals surface area contributed by atoms with Crippen LogP contribution in [0.1, 0.15) is 24.0 Å². The number of nitrogens with one attached hydrogen (secondary N) is 1. The molecular formula is C28H33N5O. The Morgan fingerprint density at radius 3 is 2.29 bits per heavy atom. The lowest BCUT2D eigenvalue weighted by Crippen LogP contribution is -2.51. The van der Waals surface area contributed by atoms with Gasteiger partial charge in [0.1, 0.15) is 0 Å². The monoisotopic (exact) mass is 455 g/mol. The molecule has 3 aromatic rings. The molecule has 1 aliphatic heterocycles. The van der Waals surface area contributed by atoms with Gasteiger partial charge in [-0.15, -0.1) is 0 Å². The molecule has 6 nitrogen and oxygen atoms in total. The largest absolute Gasteiger partial charge is 0.369 e. The molecule has 3 N–H and O–H groups in total.